The second-order valence-electron chi connectivity index (χ2n) is 7.51. The van der Waals surface area contributed by atoms with Gasteiger partial charge in [-0.25, -0.2) is 4.79 Å². The van der Waals surface area contributed by atoms with Crippen LogP contribution in [-0.2, 0) is 16.1 Å². The fourth-order valence-electron chi connectivity index (χ4n) is 3.63. The molecule has 6 heteroatoms. The maximum Gasteiger partial charge on any atom is 0.338 e. The van der Waals surface area contributed by atoms with E-state index in [1.807, 2.05) is 30.3 Å². The number of carbonyl (C=O) groups excluding carboxylic acids is 2. The molecule has 160 valence electrons. The molecule has 3 rings (SSSR count). The van der Waals surface area contributed by atoms with E-state index in [0.29, 0.717) is 23.7 Å². The Balaban J connectivity index is 1.55. The van der Waals surface area contributed by atoms with Crippen molar-refractivity contribution in [3.8, 4) is 11.5 Å². The molecule has 2 aromatic rings. The predicted molar refractivity (Wildman–Crippen MR) is 114 cm³/mol. The van der Waals surface area contributed by atoms with E-state index in [2.05, 4.69) is 0 Å². The first-order valence-electron chi connectivity index (χ1n) is 10.4. The summed E-state index contributed by atoms with van der Waals surface area (Å²) >= 11 is 0. The molecular weight excluding hydrogens is 382 g/mol. The predicted octanol–water partition coefficient (Wildman–Crippen LogP) is 4.22. The number of hydrogen-bond acceptors (Lipinski definition) is 5. The molecule has 6 nitrogen and oxygen atoms in total. The average Bonchev–Trinajstić information content (AvgIpc) is 2.81. The number of nitrogens with zero attached hydrogens (tertiary/aromatic N) is 1. The summed E-state index contributed by atoms with van der Waals surface area (Å²) in [5.41, 5.74) is 1.34. The van der Waals surface area contributed by atoms with Crippen LogP contribution in [0.1, 0.15) is 48.0 Å². The van der Waals surface area contributed by atoms with Gasteiger partial charge in [-0.15, -0.1) is 0 Å². The number of ether oxygens (including phenoxy) is 3. The van der Waals surface area contributed by atoms with Crippen molar-refractivity contribution in [3.05, 3.63) is 59.7 Å². The first-order chi connectivity index (χ1) is 14.6. The third-order valence-corrected chi connectivity index (χ3v) is 5.48. The van der Waals surface area contributed by atoms with E-state index >= 15 is 0 Å². The highest BCUT2D eigenvalue weighted by molar-refractivity contribution is 5.92. The molecule has 0 aromatic heterocycles. The number of hydrogen-bond donors (Lipinski definition) is 0. The Hall–Kier alpha value is -3.02. The van der Waals surface area contributed by atoms with Crippen LogP contribution in [0.4, 0.5) is 0 Å². The Morgan fingerprint density at radius 3 is 2.43 bits per heavy atom. The van der Waals surface area contributed by atoms with E-state index < -0.39 is 5.97 Å². The summed E-state index contributed by atoms with van der Waals surface area (Å²) in [6.45, 7) is 0.128. The van der Waals surface area contributed by atoms with Gasteiger partial charge in [-0.05, 0) is 36.6 Å². The van der Waals surface area contributed by atoms with Gasteiger partial charge >= 0.3 is 5.97 Å². The van der Waals surface area contributed by atoms with Crippen molar-refractivity contribution in [1.29, 1.82) is 0 Å². The minimum absolute atomic E-state index is 0.176. The molecule has 0 atom stereocenters. The van der Waals surface area contributed by atoms with Crippen LogP contribution in [0.5, 0.6) is 11.5 Å². The van der Waals surface area contributed by atoms with E-state index in [1.54, 1.807) is 30.1 Å². The van der Waals surface area contributed by atoms with Crippen LogP contribution < -0.4 is 9.47 Å². The van der Waals surface area contributed by atoms with Crippen molar-refractivity contribution in [2.45, 2.75) is 44.8 Å². The number of benzene rings is 2. The minimum atomic E-state index is -0.562. The lowest BCUT2D eigenvalue weighted by molar-refractivity contribution is -0.135. The number of amides is 1. The third-order valence-electron chi connectivity index (χ3n) is 5.48. The van der Waals surface area contributed by atoms with Crippen molar-refractivity contribution < 1.29 is 23.8 Å². The summed E-state index contributed by atoms with van der Waals surface area (Å²) in [6, 6.07) is 14.9. The van der Waals surface area contributed by atoms with Gasteiger partial charge in [0.25, 0.3) is 5.91 Å². The van der Waals surface area contributed by atoms with Crippen LogP contribution in [0.3, 0.4) is 0 Å². The molecule has 2 aromatic carbocycles. The minimum Gasteiger partial charge on any atom is -0.493 e. The number of esters is 1. The number of likely N-dealkylation sites (N-methyl/N-ethyl adjacent to an activating group) is 1. The van der Waals surface area contributed by atoms with Crippen LogP contribution in [0.2, 0.25) is 0 Å². The lowest BCUT2D eigenvalue weighted by atomic mass is 9.94. The second-order valence-corrected chi connectivity index (χ2v) is 7.51. The summed E-state index contributed by atoms with van der Waals surface area (Å²) in [5.74, 6) is 0.232. The monoisotopic (exact) mass is 411 g/mol. The van der Waals surface area contributed by atoms with Gasteiger partial charge in [0.2, 0.25) is 0 Å². The van der Waals surface area contributed by atoms with E-state index in [4.69, 9.17) is 14.2 Å². The van der Waals surface area contributed by atoms with Gasteiger partial charge in [0, 0.05) is 13.1 Å². The molecule has 0 N–H and O–H groups in total. The van der Waals surface area contributed by atoms with Crippen LogP contribution in [0.15, 0.2) is 48.5 Å². The Kier molecular flexibility index (Phi) is 7.71. The molecule has 0 bridgehead atoms. The Morgan fingerprint density at radius 2 is 1.73 bits per heavy atom. The van der Waals surface area contributed by atoms with Gasteiger partial charge in [0.05, 0.1) is 12.7 Å². The molecule has 1 saturated carbocycles. The van der Waals surface area contributed by atoms with Crippen LogP contribution >= 0.6 is 0 Å². The fraction of sp³-hybridized carbons (Fsp3) is 0.417. The van der Waals surface area contributed by atoms with Crippen LogP contribution in [0, 0.1) is 0 Å². The molecule has 1 fully saturated rings. The smallest absolute Gasteiger partial charge is 0.338 e. The SMILES string of the molecule is COc1cc(C(=O)OCC(=O)N(C)C2CCCCC2)ccc1OCc1ccccc1. The molecule has 0 heterocycles. The number of methoxy groups -OCH3 is 1. The number of carbonyl (C=O) groups is 2. The second kappa shape index (κ2) is 10.7. The van der Waals surface area contributed by atoms with Gasteiger partial charge in [-0.2, -0.15) is 0 Å². The Bertz CT molecular complexity index is 846. The van der Waals surface area contributed by atoms with Crippen LogP contribution in [-0.4, -0.2) is 43.6 Å². The lowest BCUT2D eigenvalue weighted by Gasteiger charge is -2.31. The molecule has 0 saturated heterocycles. The molecule has 0 spiro atoms. The standard InChI is InChI=1S/C24H29NO5/c1-25(20-11-7-4-8-12-20)23(26)17-30-24(27)19-13-14-21(22(15-19)28-2)29-16-18-9-5-3-6-10-18/h3,5-6,9-10,13-15,20H,4,7-8,11-12,16-17H2,1-2H3. The van der Waals surface area contributed by atoms with Gasteiger partial charge in [0.15, 0.2) is 18.1 Å². The van der Waals surface area contributed by atoms with Crippen molar-refractivity contribution in [3.63, 3.8) is 0 Å². The zero-order chi connectivity index (χ0) is 21.3. The quantitative estimate of drug-likeness (QED) is 0.609. The van der Waals surface area contributed by atoms with E-state index in [0.717, 1.165) is 31.2 Å². The van der Waals surface area contributed by atoms with E-state index in [-0.39, 0.29) is 18.6 Å². The van der Waals surface area contributed by atoms with Crippen molar-refractivity contribution in [2.75, 3.05) is 20.8 Å². The zero-order valence-electron chi connectivity index (χ0n) is 17.6. The van der Waals surface area contributed by atoms with Gasteiger partial charge in [0.1, 0.15) is 6.61 Å². The summed E-state index contributed by atoms with van der Waals surface area (Å²) in [7, 11) is 3.30. The largest absolute Gasteiger partial charge is 0.493 e. The molecule has 1 aliphatic rings. The van der Waals surface area contributed by atoms with Crippen molar-refractivity contribution >= 4 is 11.9 Å². The van der Waals surface area contributed by atoms with Crippen molar-refractivity contribution in [2.24, 2.45) is 0 Å². The zero-order valence-corrected chi connectivity index (χ0v) is 17.6. The maximum absolute atomic E-state index is 12.4. The highest BCUT2D eigenvalue weighted by Crippen LogP contribution is 2.29. The highest BCUT2D eigenvalue weighted by atomic mass is 16.5. The summed E-state index contributed by atoms with van der Waals surface area (Å²) < 4.78 is 16.4. The third kappa shape index (κ3) is 5.75. The Morgan fingerprint density at radius 1 is 1.00 bits per heavy atom. The van der Waals surface area contributed by atoms with E-state index in [1.165, 1.54) is 13.5 Å². The molecule has 0 radical (unpaired) electrons. The van der Waals surface area contributed by atoms with E-state index in [9.17, 15) is 9.59 Å². The lowest BCUT2D eigenvalue weighted by Crippen LogP contribution is -2.40. The molecule has 30 heavy (non-hydrogen) atoms. The summed E-state index contributed by atoms with van der Waals surface area (Å²) in [5, 5.41) is 0. The molecule has 0 unspecified atom stereocenters. The van der Waals surface area contributed by atoms with Gasteiger partial charge < -0.3 is 19.1 Å². The molecular formula is C24H29NO5. The fourth-order valence-corrected chi connectivity index (χ4v) is 3.63. The van der Waals surface area contributed by atoms with Crippen molar-refractivity contribution in [1.82, 2.24) is 4.90 Å². The summed E-state index contributed by atoms with van der Waals surface area (Å²) in [4.78, 5) is 26.5. The Labute approximate surface area is 177 Å². The first-order valence-corrected chi connectivity index (χ1v) is 10.4. The normalized spacial score (nSPS) is 14.1. The number of rotatable bonds is 8. The average molecular weight is 411 g/mol. The maximum atomic E-state index is 12.4. The first kappa shape index (κ1) is 21.7. The molecule has 1 amide bonds. The molecule has 0 aliphatic heterocycles. The van der Waals surface area contributed by atoms with Gasteiger partial charge in [-0.1, -0.05) is 49.6 Å². The van der Waals surface area contributed by atoms with Crippen LogP contribution in [0.25, 0.3) is 0 Å². The highest BCUT2D eigenvalue weighted by Gasteiger charge is 2.23. The topological polar surface area (TPSA) is 65.1 Å². The molecule has 1 aliphatic carbocycles. The van der Waals surface area contributed by atoms with Gasteiger partial charge in [-0.3, -0.25) is 4.79 Å². The summed E-state index contributed by atoms with van der Waals surface area (Å²) in [6.07, 6.45) is 5.52.